The fraction of sp³-hybridized carbons (Fsp3) is 0. The quantitative estimate of drug-likeness (QED) is 0.327. The Morgan fingerprint density at radius 2 is 1.46 bits per heavy atom. The molecule has 0 spiro atoms. The van der Waals surface area contributed by atoms with Gasteiger partial charge in [0.15, 0.2) is 5.57 Å². The average Bonchev–Trinajstić information content (AvgIpc) is 2.37. The van der Waals surface area contributed by atoms with Crippen LogP contribution in [0.3, 0.4) is 0 Å². The van der Waals surface area contributed by atoms with Crippen LogP contribution >= 0.6 is 23.5 Å². The van der Waals surface area contributed by atoms with Gasteiger partial charge in [-0.15, -0.1) is 0 Å². The Kier molecular flexibility index (Phi) is 6.56. The molecule has 4 nitrogen and oxygen atoms in total. The standard InChI is InChI=1S/C6H4O4S2.Ba.2H/c7-4(8)3(5(9)10)6-11-1-2-12-6;;;/h1-2H,(H,7,8)(H,9,10);;;. The summed E-state index contributed by atoms with van der Waals surface area (Å²) < 4.78 is 0.301. The van der Waals surface area contributed by atoms with Crippen LogP contribution in [0.2, 0.25) is 0 Å². The third-order valence-electron chi connectivity index (χ3n) is 1.04. The molecule has 68 valence electrons. The zero-order chi connectivity index (χ0) is 9.14. The molecule has 0 radical (unpaired) electrons. The molecule has 1 heterocycles. The van der Waals surface area contributed by atoms with Gasteiger partial charge in [0.1, 0.15) is 0 Å². The van der Waals surface area contributed by atoms with Crippen molar-refractivity contribution in [3.63, 3.8) is 0 Å². The van der Waals surface area contributed by atoms with Gasteiger partial charge in [-0.25, -0.2) is 9.59 Å². The van der Waals surface area contributed by atoms with Crippen LogP contribution < -0.4 is 0 Å². The molecular weight excluding hydrogens is 338 g/mol. The van der Waals surface area contributed by atoms with Crippen molar-refractivity contribution >= 4 is 84.3 Å². The van der Waals surface area contributed by atoms with E-state index in [1.165, 1.54) is 0 Å². The molecule has 1 rings (SSSR count). The fourth-order valence-corrected chi connectivity index (χ4v) is 2.42. The van der Waals surface area contributed by atoms with Crippen LogP contribution in [0.5, 0.6) is 0 Å². The number of aliphatic carboxylic acids is 2. The normalized spacial score (nSPS) is 13.7. The number of carboxylic acids is 2. The van der Waals surface area contributed by atoms with E-state index < -0.39 is 17.5 Å². The Labute approximate surface area is 123 Å². The van der Waals surface area contributed by atoms with Crippen molar-refractivity contribution in [2.24, 2.45) is 0 Å². The van der Waals surface area contributed by atoms with E-state index >= 15 is 0 Å². The predicted molar refractivity (Wildman–Crippen MR) is 55.2 cm³/mol. The molecule has 7 heteroatoms. The molecule has 0 unspecified atom stereocenters. The van der Waals surface area contributed by atoms with E-state index in [0.29, 0.717) is 4.24 Å². The van der Waals surface area contributed by atoms with Crippen molar-refractivity contribution in [1.82, 2.24) is 0 Å². The molecule has 0 saturated carbocycles. The van der Waals surface area contributed by atoms with Crippen molar-refractivity contribution in [2.45, 2.75) is 0 Å². The Balaban J connectivity index is 0.00000144. The number of thioether (sulfide) groups is 2. The third-order valence-corrected chi connectivity index (χ3v) is 3.17. The maximum absolute atomic E-state index is 10.4. The maximum atomic E-state index is 10.4. The summed E-state index contributed by atoms with van der Waals surface area (Å²) in [5.41, 5.74) is -0.560. The number of hydrogen-bond acceptors (Lipinski definition) is 4. The summed E-state index contributed by atoms with van der Waals surface area (Å²) in [6.07, 6.45) is 0. The molecule has 0 aliphatic carbocycles. The first-order valence-electron chi connectivity index (χ1n) is 2.82. The zero-order valence-corrected chi connectivity index (χ0v) is 7.32. The van der Waals surface area contributed by atoms with E-state index in [0.717, 1.165) is 23.5 Å². The van der Waals surface area contributed by atoms with Gasteiger partial charge in [0, 0.05) is 0 Å². The summed E-state index contributed by atoms with van der Waals surface area (Å²) in [5, 5.41) is 20.3. The topological polar surface area (TPSA) is 74.6 Å². The van der Waals surface area contributed by atoms with Gasteiger partial charge in [-0.1, -0.05) is 23.5 Å². The van der Waals surface area contributed by atoms with Crippen molar-refractivity contribution in [3.05, 3.63) is 20.6 Å². The molecule has 0 aromatic heterocycles. The first kappa shape index (κ1) is 13.7. The van der Waals surface area contributed by atoms with E-state index in [4.69, 9.17) is 10.2 Å². The molecule has 1 aliphatic rings. The van der Waals surface area contributed by atoms with Crippen molar-refractivity contribution < 1.29 is 19.8 Å². The number of rotatable bonds is 2. The van der Waals surface area contributed by atoms with E-state index in [1.807, 2.05) is 0 Å². The Bertz CT molecular complexity index is 271. The summed E-state index contributed by atoms with van der Waals surface area (Å²) in [7, 11) is 0. The Morgan fingerprint density at radius 1 is 1.08 bits per heavy atom. The summed E-state index contributed by atoms with van der Waals surface area (Å²) >= 11 is 2.22. The second-order valence-electron chi connectivity index (χ2n) is 1.78. The zero-order valence-electron chi connectivity index (χ0n) is 5.68. The molecule has 0 bridgehead atoms. The molecule has 1 aliphatic heterocycles. The van der Waals surface area contributed by atoms with Gasteiger partial charge in [0.05, 0.1) is 4.24 Å². The van der Waals surface area contributed by atoms with Crippen LogP contribution in [-0.4, -0.2) is 71.0 Å². The van der Waals surface area contributed by atoms with Gasteiger partial charge in [0.25, 0.3) is 0 Å². The Hall–Kier alpha value is 0.691. The van der Waals surface area contributed by atoms with Gasteiger partial charge >= 0.3 is 60.8 Å². The third kappa shape index (κ3) is 3.74. The summed E-state index contributed by atoms with van der Waals surface area (Å²) in [5.74, 6) is -2.80. The van der Waals surface area contributed by atoms with Crippen molar-refractivity contribution in [2.75, 3.05) is 0 Å². The van der Waals surface area contributed by atoms with Crippen LogP contribution in [0.15, 0.2) is 20.6 Å². The van der Waals surface area contributed by atoms with Gasteiger partial charge in [0.2, 0.25) is 0 Å². The minimum atomic E-state index is -1.40. The van der Waals surface area contributed by atoms with Gasteiger partial charge < -0.3 is 10.2 Å². The molecule has 2 N–H and O–H groups in total. The van der Waals surface area contributed by atoms with E-state index in [-0.39, 0.29) is 48.9 Å². The molecule has 0 amide bonds. The van der Waals surface area contributed by atoms with E-state index in [2.05, 4.69) is 0 Å². The van der Waals surface area contributed by atoms with Gasteiger partial charge in [-0.3, -0.25) is 0 Å². The molecule has 13 heavy (non-hydrogen) atoms. The average molecular weight is 344 g/mol. The number of carboxylic acid groups (broad SMARTS) is 2. The minimum absolute atomic E-state index is 0. The monoisotopic (exact) mass is 344 g/mol. The summed E-state index contributed by atoms with van der Waals surface area (Å²) in [4.78, 5) is 20.9. The number of carbonyl (C=O) groups is 2. The van der Waals surface area contributed by atoms with Crippen LogP contribution in [0.1, 0.15) is 0 Å². The molecule has 0 aromatic carbocycles. The summed E-state index contributed by atoms with van der Waals surface area (Å²) in [6, 6.07) is 0. The van der Waals surface area contributed by atoms with Crippen LogP contribution in [0.4, 0.5) is 0 Å². The summed E-state index contributed by atoms with van der Waals surface area (Å²) in [6.45, 7) is 0. The molecule has 0 atom stereocenters. The first-order chi connectivity index (χ1) is 5.63. The van der Waals surface area contributed by atoms with Crippen LogP contribution in [0.25, 0.3) is 0 Å². The Morgan fingerprint density at radius 3 is 1.77 bits per heavy atom. The second kappa shape index (κ2) is 6.23. The fourth-order valence-electron chi connectivity index (χ4n) is 0.591. The first-order valence-corrected chi connectivity index (χ1v) is 4.58. The molecule has 0 fully saturated rings. The molecule has 0 aromatic rings. The van der Waals surface area contributed by atoms with Crippen molar-refractivity contribution in [3.8, 4) is 0 Å². The van der Waals surface area contributed by atoms with Gasteiger partial charge in [-0.2, -0.15) is 0 Å². The van der Waals surface area contributed by atoms with Crippen molar-refractivity contribution in [1.29, 1.82) is 0 Å². The molecular formula is C6H6BaO4S2. The second-order valence-corrected chi connectivity index (χ2v) is 3.87. The number of hydrogen-bond donors (Lipinski definition) is 2. The van der Waals surface area contributed by atoms with E-state index in [1.54, 1.807) is 10.8 Å². The predicted octanol–water partition coefficient (Wildman–Crippen LogP) is 0.402. The van der Waals surface area contributed by atoms with Gasteiger partial charge in [-0.05, 0) is 10.8 Å². The van der Waals surface area contributed by atoms with Crippen LogP contribution in [0, 0.1) is 0 Å². The molecule has 0 saturated heterocycles. The SMILES string of the molecule is O=C(O)C(C(=O)O)=C1SC=CS1.[BaH2]. The van der Waals surface area contributed by atoms with Crippen LogP contribution in [-0.2, 0) is 9.59 Å². The van der Waals surface area contributed by atoms with E-state index in [9.17, 15) is 9.59 Å².